The van der Waals surface area contributed by atoms with Crippen LogP contribution >= 0.6 is 0 Å². The van der Waals surface area contributed by atoms with Crippen LogP contribution in [0.5, 0.6) is 0 Å². The van der Waals surface area contributed by atoms with E-state index in [9.17, 15) is 13.2 Å². The number of morpholine rings is 1. The van der Waals surface area contributed by atoms with E-state index < -0.39 is 23.3 Å². The molecular formula is C24H31F3N6O. The van der Waals surface area contributed by atoms with Gasteiger partial charge in [-0.1, -0.05) is 12.5 Å². The number of aliphatic imine (C=N–C) groups is 1. The first-order valence-corrected chi connectivity index (χ1v) is 12.2. The molecule has 0 radical (unpaired) electrons. The number of anilines is 1. The van der Waals surface area contributed by atoms with Gasteiger partial charge in [-0.15, -0.1) is 0 Å². The van der Waals surface area contributed by atoms with Gasteiger partial charge in [0.05, 0.1) is 18.8 Å². The third-order valence-corrected chi connectivity index (χ3v) is 8.19. The molecule has 2 saturated heterocycles. The lowest BCUT2D eigenvalue weighted by Crippen LogP contribution is -2.60. The summed E-state index contributed by atoms with van der Waals surface area (Å²) < 4.78 is 47.9. The first-order chi connectivity index (χ1) is 16.3. The molecular weight excluding hydrogens is 445 g/mol. The van der Waals surface area contributed by atoms with Crippen LogP contribution in [0.4, 0.5) is 18.9 Å². The predicted molar refractivity (Wildman–Crippen MR) is 123 cm³/mol. The molecule has 0 aromatic heterocycles. The molecule has 184 valence electrons. The van der Waals surface area contributed by atoms with E-state index in [4.69, 9.17) is 10.5 Å². The lowest BCUT2D eigenvalue weighted by Gasteiger charge is -2.44. The van der Waals surface area contributed by atoms with E-state index in [1.807, 2.05) is 6.07 Å². The van der Waals surface area contributed by atoms with Gasteiger partial charge < -0.3 is 26.4 Å². The van der Waals surface area contributed by atoms with Gasteiger partial charge in [0.1, 0.15) is 5.66 Å². The highest BCUT2D eigenvalue weighted by Crippen LogP contribution is 2.47. The lowest BCUT2D eigenvalue weighted by molar-refractivity contribution is -0.106. The molecule has 7 nitrogen and oxygen atoms in total. The van der Waals surface area contributed by atoms with Gasteiger partial charge in [-0.05, 0) is 48.9 Å². The average Bonchev–Trinajstić information content (AvgIpc) is 3.56. The number of guanidine groups is 1. The molecule has 1 aromatic rings. The summed E-state index contributed by atoms with van der Waals surface area (Å²) >= 11 is 0. The van der Waals surface area contributed by atoms with Crippen molar-refractivity contribution in [3.05, 3.63) is 41.1 Å². The Morgan fingerprint density at radius 2 is 1.85 bits per heavy atom. The summed E-state index contributed by atoms with van der Waals surface area (Å²) in [4.78, 5) is 6.77. The van der Waals surface area contributed by atoms with Gasteiger partial charge in [0.15, 0.2) is 0 Å². The molecule has 0 amide bonds. The molecule has 0 spiro atoms. The summed E-state index contributed by atoms with van der Waals surface area (Å²) in [6, 6.07) is 6.83. The van der Waals surface area contributed by atoms with E-state index in [0.717, 1.165) is 37.6 Å². The van der Waals surface area contributed by atoms with Gasteiger partial charge in [-0.2, -0.15) is 13.2 Å². The van der Waals surface area contributed by atoms with Gasteiger partial charge in [0.25, 0.3) is 0 Å². The zero-order valence-corrected chi connectivity index (χ0v) is 19.0. The highest BCUT2D eigenvalue weighted by atomic mass is 19.4. The number of hydrogen-bond acceptors (Lipinski definition) is 7. The van der Waals surface area contributed by atoms with Crippen LogP contribution in [0.15, 0.2) is 35.0 Å². The third kappa shape index (κ3) is 3.71. The molecule has 5 atom stereocenters. The molecule has 1 aliphatic carbocycles. The van der Waals surface area contributed by atoms with Crippen LogP contribution in [0.3, 0.4) is 0 Å². The molecule has 1 aromatic carbocycles. The smallest absolute Gasteiger partial charge is 0.379 e. The quantitative estimate of drug-likeness (QED) is 0.536. The number of nitrogens with zero attached hydrogens (tertiary/aromatic N) is 2. The number of ether oxygens (including phenoxy) is 1. The number of alkyl halides is 3. The van der Waals surface area contributed by atoms with Crippen molar-refractivity contribution >= 4 is 11.6 Å². The minimum absolute atomic E-state index is 0.0515. The largest absolute Gasteiger partial charge is 0.417 e. The Morgan fingerprint density at radius 3 is 2.62 bits per heavy atom. The highest BCUT2D eigenvalue weighted by Gasteiger charge is 2.56. The molecule has 5 aliphatic rings. The predicted octanol–water partition coefficient (Wildman–Crippen LogP) is 3.14. The van der Waals surface area contributed by atoms with Gasteiger partial charge in [0.2, 0.25) is 5.96 Å². The second kappa shape index (κ2) is 8.22. The molecule has 2 bridgehead atoms. The fraction of sp³-hybridized carbons (Fsp3) is 0.625. The van der Waals surface area contributed by atoms with Gasteiger partial charge in [-0.25, -0.2) is 4.99 Å². The van der Waals surface area contributed by atoms with Crippen LogP contribution in [0.2, 0.25) is 0 Å². The van der Waals surface area contributed by atoms with E-state index in [-0.39, 0.29) is 12.0 Å². The molecule has 34 heavy (non-hydrogen) atoms. The lowest BCUT2D eigenvalue weighted by atomic mass is 9.81. The van der Waals surface area contributed by atoms with Crippen molar-refractivity contribution in [2.45, 2.75) is 62.1 Å². The SMILES string of the molecule is NC1([C@@H]2CCC[C@H]2N2CCOCC2)N=C(Nc2ccc3c(c2)C2CCC3N2)NC=C1C(F)(F)F. The molecule has 1 saturated carbocycles. The molecule has 5 N–H and O–H groups in total. The van der Waals surface area contributed by atoms with Crippen LogP contribution in [-0.4, -0.2) is 55.0 Å². The Morgan fingerprint density at radius 1 is 1.09 bits per heavy atom. The summed E-state index contributed by atoms with van der Waals surface area (Å²) in [5, 5.41) is 9.52. The number of halogens is 3. The summed E-state index contributed by atoms with van der Waals surface area (Å²) in [7, 11) is 0. The maximum atomic E-state index is 14.1. The van der Waals surface area contributed by atoms with Crippen molar-refractivity contribution in [1.29, 1.82) is 0 Å². The summed E-state index contributed by atoms with van der Waals surface area (Å²) in [5.41, 5.74) is 7.34. The number of rotatable bonds is 3. The van der Waals surface area contributed by atoms with Crippen LogP contribution in [0.1, 0.15) is 55.3 Å². The Kier molecular flexibility index (Phi) is 5.40. The summed E-state index contributed by atoms with van der Waals surface area (Å²) in [5.74, 6) is -0.184. The zero-order valence-electron chi connectivity index (χ0n) is 19.0. The van der Waals surface area contributed by atoms with Gasteiger partial charge in [-0.3, -0.25) is 4.90 Å². The average molecular weight is 477 g/mol. The second-order valence-corrected chi connectivity index (χ2v) is 10.1. The molecule has 10 heteroatoms. The first-order valence-electron chi connectivity index (χ1n) is 12.2. The van der Waals surface area contributed by atoms with E-state index in [1.54, 1.807) is 0 Å². The van der Waals surface area contributed by atoms with Gasteiger partial charge in [0, 0.05) is 49.0 Å². The van der Waals surface area contributed by atoms with Crippen LogP contribution in [0, 0.1) is 5.92 Å². The summed E-state index contributed by atoms with van der Waals surface area (Å²) in [6.07, 6.45) is 0.938. The Labute approximate surface area is 197 Å². The number of nitrogens with one attached hydrogen (secondary N) is 3. The molecule has 3 fully saturated rings. The van der Waals surface area contributed by atoms with E-state index in [2.05, 4.69) is 38.0 Å². The Hall–Kier alpha value is -2.14. The van der Waals surface area contributed by atoms with Crippen LogP contribution in [0.25, 0.3) is 0 Å². The minimum atomic E-state index is -4.58. The fourth-order valence-electron chi connectivity index (χ4n) is 6.63. The van der Waals surface area contributed by atoms with Crippen molar-refractivity contribution in [2.75, 3.05) is 31.6 Å². The van der Waals surface area contributed by atoms with E-state index >= 15 is 0 Å². The molecule has 4 aliphatic heterocycles. The number of benzene rings is 1. The van der Waals surface area contributed by atoms with Crippen LogP contribution in [-0.2, 0) is 4.74 Å². The minimum Gasteiger partial charge on any atom is -0.379 e. The molecule has 4 heterocycles. The fourth-order valence-corrected chi connectivity index (χ4v) is 6.63. The summed E-state index contributed by atoms with van der Waals surface area (Å²) in [6.45, 7) is 2.60. The molecule has 3 unspecified atom stereocenters. The van der Waals surface area contributed by atoms with Crippen LogP contribution < -0.4 is 21.7 Å². The third-order valence-electron chi connectivity index (χ3n) is 8.19. The monoisotopic (exact) mass is 476 g/mol. The topological polar surface area (TPSA) is 86.9 Å². The van der Waals surface area contributed by atoms with Crippen molar-refractivity contribution < 1.29 is 17.9 Å². The maximum Gasteiger partial charge on any atom is 0.417 e. The standard InChI is InChI=1S/C24H31F3N6O/c25-24(26,27)21-13-29-22(30-14-4-5-15-16(12-14)19-7-6-18(15)31-19)32-23(21,28)17-2-1-3-20(17)33-8-10-34-11-9-33/h4-5,12-13,17-20,31H,1-3,6-11,28H2,(H2,29,30,32)/t17-,18?,19?,20-,23?/m1/s1. The van der Waals surface area contributed by atoms with Crippen molar-refractivity contribution in [3.8, 4) is 0 Å². The van der Waals surface area contributed by atoms with Crippen molar-refractivity contribution in [2.24, 2.45) is 16.6 Å². The Balaban J connectivity index is 1.30. The number of hydrogen-bond donors (Lipinski definition) is 4. The van der Waals surface area contributed by atoms with Crippen molar-refractivity contribution in [3.63, 3.8) is 0 Å². The second-order valence-electron chi connectivity index (χ2n) is 10.1. The van der Waals surface area contributed by atoms with Crippen molar-refractivity contribution in [1.82, 2.24) is 15.5 Å². The van der Waals surface area contributed by atoms with E-state index in [1.165, 1.54) is 11.1 Å². The zero-order chi connectivity index (χ0) is 23.5. The maximum absolute atomic E-state index is 14.1. The number of nitrogens with two attached hydrogens (primary N) is 1. The Bertz CT molecular complexity index is 1020. The number of fused-ring (bicyclic) bond motifs is 5. The molecule has 6 rings (SSSR count). The van der Waals surface area contributed by atoms with E-state index in [0.29, 0.717) is 44.8 Å². The first kappa shape index (κ1) is 22.3. The normalized spacial score (nSPS) is 35.5. The van der Waals surface area contributed by atoms with Gasteiger partial charge >= 0.3 is 6.18 Å². The highest BCUT2D eigenvalue weighted by molar-refractivity contribution is 5.95.